The second-order valence-corrected chi connectivity index (χ2v) is 5.49. The van der Waals surface area contributed by atoms with E-state index in [0.717, 1.165) is 16.7 Å². The van der Waals surface area contributed by atoms with Crippen LogP contribution in [0.4, 0.5) is 4.39 Å². The van der Waals surface area contributed by atoms with Gasteiger partial charge in [0.1, 0.15) is 5.52 Å². The summed E-state index contributed by atoms with van der Waals surface area (Å²) in [6.45, 7) is 2.08. The molecule has 0 radical (unpaired) electrons. The minimum atomic E-state index is -0.431. The number of rotatable bonds is 2. The fourth-order valence-electron chi connectivity index (χ4n) is 2.78. The van der Waals surface area contributed by atoms with Crippen LogP contribution in [0.3, 0.4) is 0 Å². The second kappa shape index (κ2) is 5.32. The molecule has 0 N–H and O–H groups in total. The van der Waals surface area contributed by atoms with E-state index in [4.69, 9.17) is 0 Å². The topological polar surface area (TPSA) is 38.9 Å². The van der Waals surface area contributed by atoms with Crippen LogP contribution in [0.5, 0.6) is 0 Å². The summed E-state index contributed by atoms with van der Waals surface area (Å²) in [5.74, 6) is -0.431. The highest BCUT2D eigenvalue weighted by molar-refractivity contribution is 5.83. The Hall–Kier alpha value is -3.01. The lowest BCUT2D eigenvalue weighted by atomic mass is 9.96. The van der Waals surface area contributed by atoms with Gasteiger partial charge in [-0.15, -0.1) is 0 Å². The molecule has 0 amide bonds. The first-order valence-corrected chi connectivity index (χ1v) is 7.30. The molecule has 4 rings (SSSR count). The molecule has 0 bridgehead atoms. The molecule has 4 aromatic rings. The Labute approximate surface area is 132 Å². The number of aromatic nitrogens is 2. The van der Waals surface area contributed by atoms with Gasteiger partial charge in [-0.1, -0.05) is 42.5 Å². The van der Waals surface area contributed by atoms with Gasteiger partial charge in [-0.2, -0.15) is 0 Å². The van der Waals surface area contributed by atoms with Crippen molar-refractivity contribution in [2.45, 2.75) is 6.92 Å². The first-order valence-electron chi connectivity index (χ1n) is 7.30. The van der Waals surface area contributed by atoms with Crippen LogP contribution in [-0.2, 0) is 0 Å². The Kier molecular flexibility index (Phi) is 3.15. The van der Waals surface area contributed by atoms with Gasteiger partial charge in [-0.3, -0.25) is 0 Å². The first kappa shape index (κ1) is 13.6. The van der Waals surface area contributed by atoms with Crippen molar-refractivity contribution in [1.29, 1.82) is 0 Å². The van der Waals surface area contributed by atoms with E-state index in [1.54, 1.807) is 6.07 Å². The van der Waals surface area contributed by atoms with Gasteiger partial charge in [0, 0.05) is 0 Å². The fraction of sp³-hybridized carbons (Fsp3) is 0.0526. The highest BCUT2D eigenvalue weighted by atomic mass is 19.1. The summed E-state index contributed by atoms with van der Waals surface area (Å²) in [5, 5.41) is 7.30. The SMILES string of the molecule is Cc1ccccc1-c1cccc(-c2cc(F)c3nonc3c2)c1. The maximum Gasteiger partial charge on any atom is 0.170 e. The van der Waals surface area contributed by atoms with Crippen LogP contribution in [0, 0.1) is 12.7 Å². The Morgan fingerprint density at radius 3 is 2.52 bits per heavy atom. The third-order valence-electron chi connectivity index (χ3n) is 3.97. The van der Waals surface area contributed by atoms with Crippen LogP contribution in [0.25, 0.3) is 33.3 Å². The van der Waals surface area contributed by atoms with Crippen LogP contribution >= 0.6 is 0 Å². The van der Waals surface area contributed by atoms with Crippen molar-refractivity contribution < 1.29 is 9.02 Å². The summed E-state index contributed by atoms with van der Waals surface area (Å²) in [4.78, 5) is 0. The molecule has 0 saturated carbocycles. The van der Waals surface area contributed by atoms with Crippen molar-refractivity contribution in [1.82, 2.24) is 10.3 Å². The Morgan fingerprint density at radius 1 is 0.826 bits per heavy atom. The zero-order chi connectivity index (χ0) is 15.8. The van der Waals surface area contributed by atoms with Crippen molar-refractivity contribution in [3.63, 3.8) is 0 Å². The minimum Gasteiger partial charge on any atom is -0.243 e. The average Bonchev–Trinajstić information content (AvgIpc) is 3.04. The van der Waals surface area contributed by atoms with E-state index in [-0.39, 0.29) is 5.52 Å². The molecule has 112 valence electrons. The second-order valence-electron chi connectivity index (χ2n) is 5.49. The van der Waals surface area contributed by atoms with Crippen LogP contribution < -0.4 is 0 Å². The van der Waals surface area contributed by atoms with Crippen molar-refractivity contribution in [3.05, 3.63) is 72.0 Å². The molecule has 0 spiro atoms. The molecule has 0 unspecified atom stereocenters. The summed E-state index contributed by atoms with van der Waals surface area (Å²) in [7, 11) is 0. The average molecular weight is 304 g/mol. The molecule has 1 heterocycles. The van der Waals surface area contributed by atoms with Crippen molar-refractivity contribution in [2.24, 2.45) is 0 Å². The maximum atomic E-state index is 14.1. The molecule has 0 saturated heterocycles. The Bertz CT molecular complexity index is 1010. The number of hydrogen-bond donors (Lipinski definition) is 0. The molecule has 0 fully saturated rings. The van der Waals surface area contributed by atoms with E-state index in [2.05, 4.69) is 46.1 Å². The zero-order valence-corrected chi connectivity index (χ0v) is 12.5. The molecule has 1 aromatic heterocycles. The van der Waals surface area contributed by atoms with Crippen molar-refractivity contribution >= 4 is 11.0 Å². The Morgan fingerprint density at radius 2 is 1.65 bits per heavy atom. The van der Waals surface area contributed by atoms with Gasteiger partial charge in [0.15, 0.2) is 11.3 Å². The normalized spacial score (nSPS) is 11.0. The lowest BCUT2D eigenvalue weighted by Gasteiger charge is -2.08. The monoisotopic (exact) mass is 304 g/mol. The predicted octanol–water partition coefficient (Wildman–Crippen LogP) is 5.00. The number of fused-ring (bicyclic) bond motifs is 1. The van der Waals surface area contributed by atoms with Gasteiger partial charge in [-0.25, -0.2) is 9.02 Å². The van der Waals surface area contributed by atoms with E-state index < -0.39 is 5.82 Å². The summed E-state index contributed by atoms with van der Waals surface area (Å²) >= 11 is 0. The van der Waals surface area contributed by atoms with Crippen LogP contribution in [-0.4, -0.2) is 10.3 Å². The van der Waals surface area contributed by atoms with Crippen LogP contribution in [0.1, 0.15) is 5.56 Å². The van der Waals surface area contributed by atoms with Gasteiger partial charge in [0.2, 0.25) is 0 Å². The summed E-state index contributed by atoms with van der Waals surface area (Å²) in [6, 6.07) is 19.5. The number of nitrogens with zero attached hydrogens (tertiary/aromatic N) is 2. The third-order valence-corrected chi connectivity index (χ3v) is 3.97. The highest BCUT2D eigenvalue weighted by Crippen LogP contribution is 2.30. The molecular formula is C19H13FN2O. The predicted molar refractivity (Wildman–Crippen MR) is 87.4 cm³/mol. The minimum absolute atomic E-state index is 0.156. The summed E-state index contributed by atoms with van der Waals surface area (Å²) in [6.07, 6.45) is 0. The zero-order valence-electron chi connectivity index (χ0n) is 12.5. The van der Waals surface area contributed by atoms with Crippen LogP contribution in [0.2, 0.25) is 0 Å². The summed E-state index contributed by atoms with van der Waals surface area (Å²) < 4.78 is 18.7. The maximum absolute atomic E-state index is 14.1. The molecule has 3 aromatic carbocycles. The molecule has 0 atom stereocenters. The molecule has 4 heteroatoms. The highest BCUT2D eigenvalue weighted by Gasteiger charge is 2.11. The van der Waals surface area contributed by atoms with Crippen molar-refractivity contribution in [3.8, 4) is 22.3 Å². The lowest BCUT2D eigenvalue weighted by molar-refractivity contribution is 0.314. The van der Waals surface area contributed by atoms with Gasteiger partial charge in [-0.05, 0) is 63.3 Å². The molecule has 0 aliphatic heterocycles. The van der Waals surface area contributed by atoms with Crippen molar-refractivity contribution in [2.75, 3.05) is 0 Å². The molecular weight excluding hydrogens is 291 g/mol. The number of halogens is 1. The number of hydrogen-bond acceptors (Lipinski definition) is 3. The van der Waals surface area contributed by atoms with Gasteiger partial charge in [0.25, 0.3) is 0 Å². The first-order chi connectivity index (χ1) is 11.2. The van der Waals surface area contributed by atoms with E-state index in [9.17, 15) is 4.39 Å². The molecule has 23 heavy (non-hydrogen) atoms. The molecule has 3 nitrogen and oxygen atoms in total. The van der Waals surface area contributed by atoms with E-state index in [1.807, 2.05) is 24.3 Å². The molecule has 0 aliphatic rings. The largest absolute Gasteiger partial charge is 0.243 e. The van der Waals surface area contributed by atoms with E-state index >= 15 is 0 Å². The smallest absolute Gasteiger partial charge is 0.170 e. The van der Waals surface area contributed by atoms with E-state index in [0.29, 0.717) is 5.52 Å². The number of benzene rings is 3. The molecule has 0 aliphatic carbocycles. The van der Waals surface area contributed by atoms with Gasteiger partial charge >= 0.3 is 0 Å². The lowest BCUT2D eigenvalue weighted by Crippen LogP contribution is -1.86. The quantitative estimate of drug-likeness (QED) is 0.523. The van der Waals surface area contributed by atoms with Gasteiger partial charge < -0.3 is 0 Å². The summed E-state index contributed by atoms with van der Waals surface area (Å²) in [5.41, 5.74) is 5.71. The standard InChI is InChI=1S/C19H13FN2O/c1-12-5-2-3-8-16(12)14-7-4-6-13(9-14)15-10-17(20)19-18(11-15)21-23-22-19/h2-11H,1H3. The third kappa shape index (κ3) is 2.38. The fourth-order valence-corrected chi connectivity index (χ4v) is 2.78. The number of aryl methyl sites for hydroxylation is 1. The van der Waals surface area contributed by atoms with E-state index in [1.165, 1.54) is 17.2 Å². The van der Waals surface area contributed by atoms with Gasteiger partial charge in [0.05, 0.1) is 0 Å². The Balaban J connectivity index is 1.86. The van der Waals surface area contributed by atoms with Crippen LogP contribution in [0.15, 0.2) is 65.3 Å².